The summed E-state index contributed by atoms with van der Waals surface area (Å²) in [7, 11) is 0. The molecule has 36 heavy (non-hydrogen) atoms. The van der Waals surface area contributed by atoms with Gasteiger partial charge in [-0.1, -0.05) is 73.5 Å². The van der Waals surface area contributed by atoms with Crippen molar-refractivity contribution >= 4 is 23.4 Å². The fourth-order valence-electron chi connectivity index (χ4n) is 3.92. The molecule has 2 amide bonds. The molecule has 0 aromatic heterocycles. The first kappa shape index (κ1) is 27.3. The Morgan fingerprint density at radius 1 is 0.944 bits per heavy atom. The summed E-state index contributed by atoms with van der Waals surface area (Å²) >= 11 is 6.23. The standard InChI is InChI=1S/C30H35ClN2O3/c1-4-5-16-32-30(35)28(19-24-10-7-6-8-11-24)33(20-25-12-9-13-26(31)18-25)29(34)21-36-27-15-14-22(2)23(3)17-27/h6-15,17-18,28H,4-5,16,19-21H2,1-3H3,(H,32,35). The number of halogens is 1. The molecule has 0 fully saturated rings. The fourth-order valence-corrected chi connectivity index (χ4v) is 4.14. The normalized spacial score (nSPS) is 11.6. The van der Waals surface area contributed by atoms with Gasteiger partial charge < -0.3 is 15.0 Å². The quantitative estimate of drug-likeness (QED) is 0.311. The number of carbonyl (C=O) groups is 2. The van der Waals surface area contributed by atoms with Crippen molar-refractivity contribution in [1.82, 2.24) is 10.2 Å². The van der Waals surface area contributed by atoms with Crippen molar-refractivity contribution in [1.29, 1.82) is 0 Å². The van der Waals surface area contributed by atoms with Crippen molar-refractivity contribution in [2.24, 2.45) is 0 Å². The Kier molecular flexibility index (Phi) is 10.4. The second-order valence-electron chi connectivity index (χ2n) is 9.04. The maximum Gasteiger partial charge on any atom is 0.261 e. The number of rotatable bonds is 12. The van der Waals surface area contributed by atoms with E-state index in [9.17, 15) is 9.59 Å². The number of unbranched alkanes of at least 4 members (excludes halogenated alkanes) is 1. The molecule has 1 atom stereocenters. The Bertz CT molecular complexity index is 1150. The van der Waals surface area contributed by atoms with E-state index in [2.05, 4.69) is 12.2 Å². The summed E-state index contributed by atoms with van der Waals surface area (Å²) in [4.78, 5) is 28.6. The van der Waals surface area contributed by atoms with Gasteiger partial charge in [-0.25, -0.2) is 0 Å². The molecule has 0 saturated carbocycles. The topological polar surface area (TPSA) is 58.6 Å². The van der Waals surface area contributed by atoms with Gasteiger partial charge in [0.2, 0.25) is 5.91 Å². The summed E-state index contributed by atoms with van der Waals surface area (Å²) in [5, 5.41) is 3.61. The Morgan fingerprint density at radius 3 is 2.39 bits per heavy atom. The molecule has 0 radical (unpaired) electrons. The first-order valence-electron chi connectivity index (χ1n) is 12.4. The zero-order valence-corrected chi connectivity index (χ0v) is 22.1. The molecule has 5 nitrogen and oxygen atoms in total. The van der Waals surface area contributed by atoms with E-state index in [1.807, 2.05) is 80.6 Å². The van der Waals surface area contributed by atoms with Gasteiger partial charge in [-0.2, -0.15) is 0 Å². The SMILES string of the molecule is CCCCNC(=O)C(Cc1ccccc1)N(Cc1cccc(Cl)c1)C(=O)COc1ccc(C)c(C)c1. The van der Waals surface area contributed by atoms with Crippen LogP contribution in [0.2, 0.25) is 5.02 Å². The molecule has 0 aliphatic heterocycles. The number of nitrogens with zero attached hydrogens (tertiary/aromatic N) is 1. The number of nitrogens with one attached hydrogen (secondary N) is 1. The molecule has 3 rings (SSSR count). The van der Waals surface area contributed by atoms with Gasteiger partial charge in [-0.05, 0) is 66.8 Å². The molecule has 6 heteroatoms. The van der Waals surface area contributed by atoms with Crippen molar-refractivity contribution in [3.63, 3.8) is 0 Å². The summed E-state index contributed by atoms with van der Waals surface area (Å²) in [5.41, 5.74) is 4.07. The second kappa shape index (κ2) is 13.7. The van der Waals surface area contributed by atoms with Crippen LogP contribution in [-0.2, 0) is 22.6 Å². The van der Waals surface area contributed by atoms with E-state index in [1.54, 1.807) is 11.0 Å². The molecule has 1 N–H and O–H groups in total. The zero-order chi connectivity index (χ0) is 25.9. The summed E-state index contributed by atoms with van der Waals surface area (Å²) in [6.45, 7) is 6.75. The van der Waals surface area contributed by atoms with Crippen LogP contribution in [0.4, 0.5) is 0 Å². The molecule has 0 spiro atoms. The highest BCUT2D eigenvalue weighted by molar-refractivity contribution is 6.30. The number of carbonyl (C=O) groups excluding carboxylic acids is 2. The van der Waals surface area contributed by atoms with E-state index in [-0.39, 0.29) is 25.0 Å². The lowest BCUT2D eigenvalue weighted by atomic mass is 10.0. The average Bonchev–Trinajstić information content (AvgIpc) is 2.87. The second-order valence-corrected chi connectivity index (χ2v) is 9.47. The van der Waals surface area contributed by atoms with Gasteiger partial charge in [0.25, 0.3) is 5.91 Å². The van der Waals surface area contributed by atoms with Crippen LogP contribution < -0.4 is 10.1 Å². The van der Waals surface area contributed by atoms with E-state index in [0.29, 0.717) is 23.7 Å². The first-order chi connectivity index (χ1) is 17.4. The highest BCUT2D eigenvalue weighted by Gasteiger charge is 2.30. The lowest BCUT2D eigenvalue weighted by molar-refractivity contribution is -0.142. The van der Waals surface area contributed by atoms with Gasteiger partial charge in [-0.15, -0.1) is 0 Å². The third-order valence-electron chi connectivity index (χ3n) is 6.18. The van der Waals surface area contributed by atoms with Crippen LogP contribution in [0.25, 0.3) is 0 Å². The van der Waals surface area contributed by atoms with Crippen molar-refractivity contribution in [2.75, 3.05) is 13.2 Å². The fraction of sp³-hybridized carbons (Fsp3) is 0.333. The van der Waals surface area contributed by atoms with E-state index in [1.165, 1.54) is 0 Å². The van der Waals surface area contributed by atoms with Crippen molar-refractivity contribution < 1.29 is 14.3 Å². The number of ether oxygens (including phenoxy) is 1. The maximum atomic E-state index is 13.6. The van der Waals surface area contributed by atoms with Crippen LogP contribution in [0.3, 0.4) is 0 Å². The van der Waals surface area contributed by atoms with E-state index >= 15 is 0 Å². The molecular weight excluding hydrogens is 472 g/mol. The average molecular weight is 507 g/mol. The third-order valence-corrected chi connectivity index (χ3v) is 6.42. The number of hydrogen-bond donors (Lipinski definition) is 1. The van der Waals surface area contributed by atoms with E-state index < -0.39 is 6.04 Å². The van der Waals surface area contributed by atoms with Crippen LogP contribution >= 0.6 is 11.6 Å². The lowest BCUT2D eigenvalue weighted by Crippen LogP contribution is -2.51. The number of amides is 2. The Balaban J connectivity index is 1.89. The Labute approximate surface area is 219 Å². The van der Waals surface area contributed by atoms with Gasteiger partial charge in [-0.3, -0.25) is 9.59 Å². The van der Waals surface area contributed by atoms with E-state index in [0.717, 1.165) is 35.1 Å². The number of aryl methyl sites for hydroxylation is 2. The van der Waals surface area contributed by atoms with Gasteiger partial charge in [0.15, 0.2) is 6.61 Å². The van der Waals surface area contributed by atoms with Crippen LogP contribution in [0.15, 0.2) is 72.8 Å². The largest absolute Gasteiger partial charge is 0.484 e. The monoisotopic (exact) mass is 506 g/mol. The van der Waals surface area contributed by atoms with Crippen LogP contribution in [0.5, 0.6) is 5.75 Å². The molecule has 0 saturated heterocycles. The maximum absolute atomic E-state index is 13.6. The third kappa shape index (κ3) is 8.13. The molecule has 3 aromatic rings. The van der Waals surface area contributed by atoms with Gasteiger partial charge in [0.05, 0.1) is 0 Å². The highest BCUT2D eigenvalue weighted by atomic mass is 35.5. The molecule has 190 valence electrons. The van der Waals surface area contributed by atoms with Gasteiger partial charge in [0.1, 0.15) is 11.8 Å². The molecule has 0 aliphatic carbocycles. The predicted octanol–water partition coefficient (Wildman–Crippen LogP) is 5.89. The molecule has 3 aromatic carbocycles. The van der Waals surface area contributed by atoms with Gasteiger partial charge >= 0.3 is 0 Å². The molecule has 0 heterocycles. The molecule has 1 unspecified atom stereocenters. The smallest absolute Gasteiger partial charge is 0.261 e. The van der Waals surface area contributed by atoms with Crippen LogP contribution in [-0.4, -0.2) is 35.9 Å². The minimum Gasteiger partial charge on any atom is -0.484 e. The summed E-state index contributed by atoms with van der Waals surface area (Å²) < 4.78 is 5.88. The Morgan fingerprint density at radius 2 is 1.69 bits per heavy atom. The summed E-state index contributed by atoms with van der Waals surface area (Å²) in [6.07, 6.45) is 2.25. The molecular formula is C30H35ClN2O3. The Hall–Kier alpha value is -3.31. The summed E-state index contributed by atoms with van der Waals surface area (Å²) in [5.74, 6) is 0.190. The van der Waals surface area contributed by atoms with E-state index in [4.69, 9.17) is 16.3 Å². The van der Waals surface area contributed by atoms with Crippen LogP contribution in [0.1, 0.15) is 42.0 Å². The predicted molar refractivity (Wildman–Crippen MR) is 145 cm³/mol. The number of benzene rings is 3. The first-order valence-corrected chi connectivity index (χ1v) is 12.8. The highest BCUT2D eigenvalue weighted by Crippen LogP contribution is 2.20. The van der Waals surface area contributed by atoms with Crippen molar-refractivity contribution in [3.05, 3.63) is 100 Å². The molecule has 0 aliphatic rings. The summed E-state index contributed by atoms with van der Waals surface area (Å²) in [6, 6.07) is 22.2. The minimum atomic E-state index is -0.695. The van der Waals surface area contributed by atoms with Crippen molar-refractivity contribution in [3.8, 4) is 5.75 Å². The van der Waals surface area contributed by atoms with Crippen molar-refractivity contribution in [2.45, 2.75) is 52.6 Å². The lowest BCUT2D eigenvalue weighted by Gasteiger charge is -2.31. The van der Waals surface area contributed by atoms with Crippen LogP contribution in [0, 0.1) is 13.8 Å². The zero-order valence-electron chi connectivity index (χ0n) is 21.3. The molecule has 0 bridgehead atoms. The van der Waals surface area contributed by atoms with Gasteiger partial charge in [0, 0.05) is 24.5 Å². The number of hydrogen-bond acceptors (Lipinski definition) is 3. The minimum absolute atomic E-state index is 0.170.